The van der Waals surface area contributed by atoms with Crippen LogP contribution < -0.4 is 0 Å². The minimum absolute atomic E-state index is 0.243. The molecule has 0 unspecified atom stereocenters. The average molecular weight is 165 g/mol. The molecule has 3 atom stereocenters. The van der Waals surface area contributed by atoms with E-state index in [0.29, 0.717) is 5.41 Å². The summed E-state index contributed by atoms with van der Waals surface area (Å²) in [5, 5.41) is 8.93. The standard InChI is InChI=1S/C11H19N/c1-4-11(10(3)8-12)6-5-9(2)7-11/h9-10H,4-7H2,1-3H3/t9-,10-,11-/m1/s1. The summed E-state index contributed by atoms with van der Waals surface area (Å²) in [4.78, 5) is 0. The fraction of sp³-hybridized carbons (Fsp3) is 0.909. The van der Waals surface area contributed by atoms with Crippen molar-refractivity contribution in [2.24, 2.45) is 17.3 Å². The van der Waals surface area contributed by atoms with Crippen LogP contribution in [0.5, 0.6) is 0 Å². The molecule has 1 aliphatic rings. The van der Waals surface area contributed by atoms with Gasteiger partial charge < -0.3 is 0 Å². The van der Waals surface area contributed by atoms with Crippen molar-refractivity contribution in [2.45, 2.75) is 46.5 Å². The minimum Gasteiger partial charge on any atom is -0.198 e. The second-order valence-corrected chi connectivity index (χ2v) is 4.41. The fourth-order valence-corrected chi connectivity index (χ4v) is 2.59. The molecule has 0 heterocycles. The smallest absolute Gasteiger partial charge is 0.0658 e. The summed E-state index contributed by atoms with van der Waals surface area (Å²) >= 11 is 0. The Morgan fingerprint density at radius 2 is 2.33 bits per heavy atom. The van der Waals surface area contributed by atoms with Gasteiger partial charge in [0.1, 0.15) is 0 Å². The maximum absolute atomic E-state index is 8.93. The summed E-state index contributed by atoms with van der Waals surface area (Å²) < 4.78 is 0. The molecule has 0 N–H and O–H groups in total. The first-order chi connectivity index (χ1) is 5.64. The van der Waals surface area contributed by atoms with Crippen LogP contribution in [0, 0.1) is 28.6 Å². The minimum atomic E-state index is 0.243. The van der Waals surface area contributed by atoms with Crippen molar-refractivity contribution in [3.8, 4) is 6.07 Å². The molecule has 1 saturated carbocycles. The third kappa shape index (κ3) is 1.48. The number of nitriles is 1. The molecule has 0 saturated heterocycles. The number of hydrogen-bond donors (Lipinski definition) is 0. The fourth-order valence-electron chi connectivity index (χ4n) is 2.59. The van der Waals surface area contributed by atoms with Gasteiger partial charge in [-0.15, -0.1) is 0 Å². The van der Waals surface area contributed by atoms with E-state index >= 15 is 0 Å². The Labute approximate surface area is 75.8 Å². The lowest BCUT2D eigenvalue weighted by Crippen LogP contribution is -2.23. The maximum atomic E-state index is 8.93. The van der Waals surface area contributed by atoms with Gasteiger partial charge in [-0.25, -0.2) is 0 Å². The highest BCUT2D eigenvalue weighted by Gasteiger charge is 2.40. The van der Waals surface area contributed by atoms with Gasteiger partial charge in [0.2, 0.25) is 0 Å². The second kappa shape index (κ2) is 3.47. The predicted octanol–water partition coefficient (Wildman–Crippen LogP) is 3.36. The van der Waals surface area contributed by atoms with Crippen LogP contribution in [-0.2, 0) is 0 Å². The Kier molecular flexibility index (Phi) is 2.77. The van der Waals surface area contributed by atoms with Crippen LogP contribution in [0.2, 0.25) is 0 Å². The first-order valence-electron chi connectivity index (χ1n) is 5.04. The molecule has 0 radical (unpaired) electrons. The van der Waals surface area contributed by atoms with E-state index in [-0.39, 0.29) is 5.92 Å². The van der Waals surface area contributed by atoms with Crippen LogP contribution in [0.3, 0.4) is 0 Å². The highest BCUT2D eigenvalue weighted by Crippen LogP contribution is 2.49. The van der Waals surface area contributed by atoms with Crippen LogP contribution in [-0.4, -0.2) is 0 Å². The molecule has 0 bridgehead atoms. The molecule has 12 heavy (non-hydrogen) atoms. The Morgan fingerprint density at radius 1 is 1.67 bits per heavy atom. The van der Waals surface area contributed by atoms with Gasteiger partial charge in [0, 0.05) is 5.92 Å². The van der Waals surface area contributed by atoms with E-state index in [1.165, 1.54) is 25.7 Å². The van der Waals surface area contributed by atoms with Crippen molar-refractivity contribution in [1.29, 1.82) is 5.26 Å². The molecule has 0 aliphatic heterocycles. The molecule has 1 nitrogen and oxygen atoms in total. The number of rotatable bonds is 2. The van der Waals surface area contributed by atoms with E-state index in [0.717, 1.165) is 5.92 Å². The van der Waals surface area contributed by atoms with Crippen LogP contribution in [0.15, 0.2) is 0 Å². The van der Waals surface area contributed by atoms with Gasteiger partial charge in [0.05, 0.1) is 6.07 Å². The summed E-state index contributed by atoms with van der Waals surface area (Å²) in [6.07, 6.45) is 5.02. The quantitative estimate of drug-likeness (QED) is 0.615. The van der Waals surface area contributed by atoms with Crippen molar-refractivity contribution < 1.29 is 0 Å². The van der Waals surface area contributed by atoms with Crippen LogP contribution in [0.25, 0.3) is 0 Å². The molecule has 0 aromatic heterocycles. The first kappa shape index (κ1) is 9.58. The predicted molar refractivity (Wildman–Crippen MR) is 50.5 cm³/mol. The van der Waals surface area contributed by atoms with Crippen LogP contribution >= 0.6 is 0 Å². The Hall–Kier alpha value is -0.510. The zero-order chi connectivity index (χ0) is 9.19. The molecular weight excluding hydrogens is 146 g/mol. The summed E-state index contributed by atoms with van der Waals surface area (Å²) in [6, 6.07) is 2.42. The highest BCUT2D eigenvalue weighted by molar-refractivity contribution is 4.98. The monoisotopic (exact) mass is 165 g/mol. The molecule has 1 aliphatic carbocycles. The molecule has 0 spiro atoms. The largest absolute Gasteiger partial charge is 0.198 e. The van der Waals surface area contributed by atoms with Gasteiger partial charge in [-0.1, -0.05) is 20.3 Å². The van der Waals surface area contributed by atoms with Gasteiger partial charge in [-0.2, -0.15) is 5.26 Å². The van der Waals surface area contributed by atoms with Crippen molar-refractivity contribution in [1.82, 2.24) is 0 Å². The topological polar surface area (TPSA) is 23.8 Å². The number of hydrogen-bond acceptors (Lipinski definition) is 1. The first-order valence-corrected chi connectivity index (χ1v) is 5.04. The lowest BCUT2D eigenvalue weighted by atomic mass is 9.73. The van der Waals surface area contributed by atoms with E-state index in [1.807, 2.05) is 0 Å². The van der Waals surface area contributed by atoms with E-state index in [2.05, 4.69) is 26.8 Å². The Bertz CT molecular complexity index is 192. The Balaban J connectivity index is 2.72. The summed E-state index contributed by atoms with van der Waals surface area (Å²) in [5.41, 5.74) is 0.355. The lowest BCUT2D eigenvalue weighted by molar-refractivity contribution is 0.208. The summed E-state index contributed by atoms with van der Waals surface area (Å²) in [6.45, 7) is 6.62. The van der Waals surface area contributed by atoms with Crippen molar-refractivity contribution in [2.75, 3.05) is 0 Å². The van der Waals surface area contributed by atoms with Crippen molar-refractivity contribution in [3.05, 3.63) is 0 Å². The molecule has 0 aromatic carbocycles. The van der Waals surface area contributed by atoms with Crippen molar-refractivity contribution in [3.63, 3.8) is 0 Å². The van der Waals surface area contributed by atoms with Crippen LogP contribution in [0.1, 0.15) is 46.5 Å². The SMILES string of the molecule is CC[C@@]1([C@H](C)C#N)CC[C@@H](C)C1. The highest BCUT2D eigenvalue weighted by atomic mass is 14.5. The van der Waals surface area contributed by atoms with E-state index < -0.39 is 0 Å². The molecular formula is C11H19N. The third-order valence-corrected chi connectivity index (χ3v) is 3.71. The molecule has 1 heteroatoms. The Morgan fingerprint density at radius 3 is 2.67 bits per heavy atom. The van der Waals surface area contributed by atoms with Gasteiger partial charge >= 0.3 is 0 Å². The molecule has 68 valence electrons. The maximum Gasteiger partial charge on any atom is 0.0658 e. The van der Waals surface area contributed by atoms with E-state index in [4.69, 9.17) is 5.26 Å². The molecule has 1 rings (SSSR count). The number of nitrogens with zero attached hydrogens (tertiary/aromatic N) is 1. The van der Waals surface area contributed by atoms with E-state index in [1.54, 1.807) is 0 Å². The van der Waals surface area contributed by atoms with Gasteiger partial charge in [-0.3, -0.25) is 0 Å². The second-order valence-electron chi connectivity index (χ2n) is 4.41. The lowest BCUT2D eigenvalue weighted by Gasteiger charge is -2.30. The zero-order valence-corrected chi connectivity index (χ0v) is 8.43. The van der Waals surface area contributed by atoms with Gasteiger partial charge in [0.25, 0.3) is 0 Å². The van der Waals surface area contributed by atoms with Gasteiger partial charge in [-0.05, 0) is 37.5 Å². The van der Waals surface area contributed by atoms with Crippen LogP contribution in [0.4, 0.5) is 0 Å². The van der Waals surface area contributed by atoms with E-state index in [9.17, 15) is 0 Å². The average Bonchev–Trinajstić information content (AvgIpc) is 2.47. The third-order valence-electron chi connectivity index (χ3n) is 3.71. The van der Waals surface area contributed by atoms with Gasteiger partial charge in [0.15, 0.2) is 0 Å². The molecule has 0 aromatic rings. The summed E-state index contributed by atoms with van der Waals surface area (Å²) in [5.74, 6) is 1.08. The summed E-state index contributed by atoms with van der Waals surface area (Å²) in [7, 11) is 0. The molecule has 0 amide bonds. The van der Waals surface area contributed by atoms with Crippen molar-refractivity contribution >= 4 is 0 Å². The molecule has 1 fully saturated rings. The zero-order valence-electron chi connectivity index (χ0n) is 8.43. The normalized spacial score (nSPS) is 37.7.